The predicted molar refractivity (Wildman–Crippen MR) is 109 cm³/mol. The van der Waals surface area contributed by atoms with Gasteiger partial charge in [-0.25, -0.2) is 4.52 Å². The van der Waals surface area contributed by atoms with Gasteiger partial charge in [0.15, 0.2) is 5.65 Å². The van der Waals surface area contributed by atoms with Crippen LogP contribution in [0.25, 0.3) is 5.65 Å². The van der Waals surface area contributed by atoms with E-state index >= 15 is 0 Å². The molecule has 0 radical (unpaired) electrons. The molecule has 2 aromatic heterocycles. The second-order valence-electron chi connectivity index (χ2n) is 7.58. The van der Waals surface area contributed by atoms with E-state index < -0.39 is 0 Å². The third-order valence-electron chi connectivity index (χ3n) is 5.70. The van der Waals surface area contributed by atoms with E-state index in [1.54, 1.807) is 4.90 Å². The lowest BCUT2D eigenvalue weighted by molar-refractivity contribution is -0.117. The summed E-state index contributed by atoms with van der Waals surface area (Å²) < 4.78 is 7.40. The summed E-state index contributed by atoms with van der Waals surface area (Å²) in [6.07, 6.45) is 3.64. The van der Waals surface area contributed by atoms with Crippen LogP contribution in [0.15, 0.2) is 36.4 Å². The molecule has 1 fully saturated rings. The van der Waals surface area contributed by atoms with Crippen molar-refractivity contribution in [3.63, 3.8) is 0 Å². The number of fused-ring (bicyclic) bond motifs is 2. The van der Waals surface area contributed by atoms with Gasteiger partial charge in [0.25, 0.3) is 0 Å². The number of benzene rings is 1. The smallest absolute Gasteiger partial charge is 0.247 e. The number of likely N-dealkylation sites (N-methyl/N-ethyl adjacent to an activating group) is 1. The van der Waals surface area contributed by atoms with E-state index in [0.717, 1.165) is 55.1 Å². The Morgan fingerprint density at radius 2 is 2.11 bits per heavy atom. The first-order chi connectivity index (χ1) is 13.7. The maximum absolute atomic E-state index is 11.9. The van der Waals surface area contributed by atoms with Crippen molar-refractivity contribution in [3.8, 4) is 0 Å². The fourth-order valence-corrected chi connectivity index (χ4v) is 4.06. The molecule has 2 aliphatic heterocycles. The van der Waals surface area contributed by atoms with Crippen LogP contribution in [0.1, 0.15) is 25.5 Å². The highest BCUT2D eigenvalue weighted by molar-refractivity contribution is 6.01. The molecule has 1 saturated heterocycles. The first-order valence-corrected chi connectivity index (χ1v) is 9.76. The highest BCUT2D eigenvalue weighted by Gasteiger charge is 2.24. The molecular formula is C21H25N5O2. The fourth-order valence-electron chi connectivity index (χ4n) is 4.06. The summed E-state index contributed by atoms with van der Waals surface area (Å²) in [6.45, 7) is 1.69. The van der Waals surface area contributed by atoms with Crippen molar-refractivity contribution < 1.29 is 11.0 Å². The van der Waals surface area contributed by atoms with Gasteiger partial charge >= 0.3 is 0 Å². The summed E-state index contributed by atoms with van der Waals surface area (Å²) in [5.74, 6) is 1.31. The minimum absolute atomic E-state index is 0. The highest BCUT2D eigenvalue weighted by Crippen LogP contribution is 2.31. The molecular weight excluding hydrogens is 354 g/mol. The monoisotopic (exact) mass is 379 g/mol. The lowest BCUT2D eigenvalue weighted by Gasteiger charge is -2.21. The Morgan fingerprint density at radius 3 is 2.96 bits per heavy atom. The first kappa shape index (κ1) is 17.2. The maximum atomic E-state index is 11.9. The highest BCUT2D eigenvalue weighted by atomic mass is 16.5. The van der Waals surface area contributed by atoms with Crippen molar-refractivity contribution >= 4 is 28.9 Å². The van der Waals surface area contributed by atoms with Crippen molar-refractivity contribution in [2.45, 2.75) is 25.7 Å². The van der Waals surface area contributed by atoms with E-state index in [0.29, 0.717) is 18.3 Å². The van der Waals surface area contributed by atoms with E-state index in [1.165, 1.54) is 5.69 Å². The van der Waals surface area contributed by atoms with Crippen LogP contribution in [0, 0.1) is 5.92 Å². The number of carbonyl (C=O) groups is 1. The number of pyridine rings is 1. The first-order valence-electron chi connectivity index (χ1n) is 9.76. The predicted octanol–water partition coefficient (Wildman–Crippen LogP) is 3.21. The number of nitrogens with zero attached hydrogens (tertiary/aromatic N) is 4. The molecule has 0 aliphatic carbocycles. The zero-order valence-electron chi connectivity index (χ0n) is 15.9. The number of ether oxygens (including phenoxy) is 1. The molecule has 2 aliphatic rings. The average Bonchev–Trinajstić information content (AvgIpc) is 3.24. The quantitative estimate of drug-likeness (QED) is 0.754. The number of nitrogens with one attached hydrogen (secondary N) is 1. The van der Waals surface area contributed by atoms with Crippen molar-refractivity contribution in [1.29, 1.82) is 0 Å². The molecule has 0 bridgehead atoms. The van der Waals surface area contributed by atoms with Gasteiger partial charge in [0, 0.05) is 38.8 Å². The third-order valence-corrected chi connectivity index (χ3v) is 5.70. The number of carbonyl (C=O) groups excluding carboxylic acids is 1. The van der Waals surface area contributed by atoms with Crippen molar-refractivity contribution in [2.75, 3.05) is 30.5 Å². The Balaban J connectivity index is 0.00000205. The van der Waals surface area contributed by atoms with Crippen LogP contribution in [0.2, 0.25) is 0 Å². The molecule has 146 valence electrons. The van der Waals surface area contributed by atoms with Gasteiger partial charge in [0.1, 0.15) is 0 Å². The summed E-state index contributed by atoms with van der Waals surface area (Å²) in [4.78, 5) is 18.2. The van der Waals surface area contributed by atoms with E-state index in [2.05, 4.69) is 21.5 Å². The van der Waals surface area contributed by atoms with Crippen LogP contribution < -0.4 is 10.2 Å². The number of rotatable bonds is 4. The SMILES string of the molecule is CN1C(=O)Cc2ccc(Nc3nc4cccc(CC5CCOCC5)n4n3)cc21.[HH]. The third kappa shape index (κ3) is 3.11. The molecule has 1 N–H and O–H groups in total. The summed E-state index contributed by atoms with van der Waals surface area (Å²) in [5.41, 5.74) is 4.88. The van der Waals surface area contributed by atoms with Gasteiger partial charge in [-0.15, -0.1) is 5.10 Å². The lowest BCUT2D eigenvalue weighted by Crippen LogP contribution is -2.20. The standard InChI is InChI=1S/C21H23N5O2.H2/c1-25-18-13-16(6-5-15(18)12-20(25)27)22-21-23-19-4-2-3-17(26(19)24-21)11-14-7-9-28-10-8-14;/h2-6,13-14H,7-12H2,1H3,(H,22,24);1H. The van der Waals surface area contributed by atoms with Gasteiger partial charge in [-0.2, -0.15) is 4.98 Å². The van der Waals surface area contributed by atoms with Gasteiger partial charge in [-0.05, 0) is 55.0 Å². The number of anilines is 3. The number of aromatic nitrogens is 3. The molecule has 0 atom stereocenters. The molecule has 7 heteroatoms. The summed E-state index contributed by atoms with van der Waals surface area (Å²) in [7, 11) is 1.81. The number of amides is 1. The minimum atomic E-state index is 0. The normalized spacial score (nSPS) is 17.3. The van der Waals surface area contributed by atoms with E-state index in [4.69, 9.17) is 4.74 Å². The fraction of sp³-hybridized carbons (Fsp3) is 0.381. The van der Waals surface area contributed by atoms with E-state index in [9.17, 15) is 4.79 Å². The molecule has 4 heterocycles. The minimum Gasteiger partial charge on any atom is -0.381 e. The molecule has 0 spiro atoms. The largest absolute Gasteiger partial charge is 0.381 e. The summed E-state index contributed by atoms with van der Waals surface area (Å²) in [5, 5.41) is 7.97. The van der Waals surface area contributed by atoms with E-state index in [-0.39, 0.29) is 7.33 Å². The van der Waals surface area contributed by atoms with Crippen LogP contribution in [-0.2, 0) is 22.4 Å². The van der Waals surface area contributed by atoms with E-state index in [1.807, 2.05) is 41.9 Å². The van der Waals surface area contributed by atoms with Crippen LogP contribution >= 0.6 is 0 Å². The zero-order valence-corrected chi connectivity index (χ0v) is 15.9. The molecule has 1 amide bonds. The van der Waals surface area contributed by atoms with Crippen LogP contribution in [0.4, 0.5) is 17.3 Å². The van der Waals surface area contributed by atoms with Gasteiger partial charge in [0.05, 0.1) is 6.42 Å². The Hall–Kier alpha value is -2.93. The molecule has 7 nitrogen and oxygen atoms in total. The molecule has 0 saturated carbocycles. The van der Waals surface area contributed by atoms with Crippen molar-refractivity contribution in [1.82, 2.24) is 14.6 Å². The second kappa shape index (κ2) is 6.91. The topological polar surface area (TPSA) is 71.8 Å². The lowest BCUT2D eigenvalue weighted by atomic mass is 9.95. The summed E-state index contributed by atoms with van der Waals surface area (Å²) in [6, 6.07) is 12.1. The molecule has 0 unspecified atom stereocenters. The molecule has 3 aromatic rings. The zero-order chi connectivity index (χ0) is 19.1. The van der Waals surface area contributed by atoms with Crippen LogP contribution in [0.5, 0.6) is 0 Å². The van der Waals surface area contributed by atoms with Gasteiger partial charge in [-0.3, -0.25) is 4.79 Å². The maximum Gasteiger partial charge on any atom is 0.247 e. The Morgan fingerprint density at radius 1 is 1.25 bits per heavy atom. The Bertz CT molecular complexity index is 1040. The van der Waals surface area contributed by atoms with Crippen molar-refractivity contribution in [3.05, 3.63) is 47.7 Å². The molecule has 28 heavy (non-hydrogen) atoms. The number of hydrogen-bond acceptors (Lipinski definition) is 5. The Labute approximate surface area is 164 Å². The van der Waals surface area contributed by atoms with Gasteiger partial charge in [-0.1, -0.05) is 12.1 Å². The van der Waals surface area contributed by atoms with Crippen LogP contribution in [-0.4, -0.2) is 40.8 Å². The Kier molecular flexibility index (Phi) is 4.24. The molecule has 5 rings (SSSR count). The average molecular weight is 379 g/mol. The van der Waals surface area contributed by atoms with Gasteiger partial charge < -0.3 is 15.0 Å². The molecule has 1 aromatic carbocycles. The van der Waals surface area contributed by atoms with Crippen molar-refractivity contribution in [2.24, 2.45) is 5.92 Å². The second-order valence-corrected chi connectivity index (χ2v) is 7.58. The summed E-state index contributed by atoms with van der Waals surface area (Å²) >= 11 is 0. The van der Waals surface area contributed by atoms with Crippen LogP contribution in [0.3, 0.4) is 0 Å². The van der Waals surface area contributed by atoms with Gasteiger partial charge in [0.2, 0.25) is 11.9 Å². The number of hydrogen-bond donors (Lipinski definition) is 1.